The third-order valence-corrected chi connectivity index (χ3v) is 2.93. The molecule has 2 aromatic rings. The summed E-state index contributed by atoms with van der Waals surface area (Å²) in [5.41, 5.74) is 0.486. The monoisotopic (exact) mass is 261 g/mol. The number of rotatable bonds is 4. The predicted molar refractivity (Wildman–Crippen MR) is 70.5 cm³/mol. The molecule has 0 spiro atoms. The van der Waals surface area contributed by atoms with Gasteiger partial charge >= 0.3 is 0 Å². The maximum absolute atomic E-state index is 12.8. The molecule has 0 atom stereocenters. The third-order valence-electron chi connectivity index (χ3n) is 2.93. The van der Waals surface area contributed by atoms with Crippen LogP contribution in [0.25, 0.3) is 0 Å². The minimum Gasteiger partial charge on any atom is -0.466 e. The number of aryl methyl sites for hydroxylation is 1. The summed E-state index contributed by atoms with van der Waals surface area (Å²) in [7, 11) is 1.72. The van der Waals surface area contributed by atoms with Crippen molar-refractivity contribution in [1.82, 2.24) is 4.90 Å². The van der Waals surface area contributed by atoms with E-state index in [2.05, 4.69) is 0 Å². The Balaban J connectivity index is 1.94. The number of amides is 1. The second kappa shape index (κ2) is 5.69. The fraction of sp³-hybridized carbons (Fsp3) is 0.267. The summed E-state index contributed by atoms with van der Waals surface area (Å²) < 4.78 is 18.2. The van der Waals surface area contributed by atoms with Gasteiger partial charge in [-0.2, -0.15) is 0 Å². The lowest BCUT2D eigenvalue weighted by Gasteiger charge is -2.16. The summed E-state index contributed by atoms with van der Waals surface area (Å²) in [4.78, 5) is 13.7. The van der Waals surface area contributed by atoms with Gasteiger partial charge in [0.2, 0.25) is 0 Å². The quantitative estimate of drug-likeness (QED) is 0.847. The summed E-state index contributed by atoms with van der Waals surface area (Å²) in [6.45, 7) is 2.44. The highest BCUT2D eigenvalue weighted by Gasteiger charge is 2.12. The molecule has 1 aromatic carbocycles. The fourth-order valence-electron chi connectivity index (χ4n) is 1.81. The number of carbonyl (C=O) groups is 1. The molecular formula is C15H16FNO2. The Labute approximate surface area is 111 Å². The molecule has 0 N–H and O–H groups in total. The van der Waals surface area contributed by atoms with E-state index in [9.17, 15) is 9.18 Å². The normalized spacial score (nSPS) is 10.5. The van der Waals surface area contributed by atoms with Crippen LogP contribution in [0.4, 0.5) is 4.39 Å². The van der Waals surface area contributed by atoms with Gasteiger partial charge in [-0.3, -0.25) is 4.79 Å². The molecule has 0 unspecified atom stereocenters. The Hall–Kier alpha value is -2.10. The largest absolute Gasteiger partial charge is 0.466 e. The Morgan fingerprint density at radius 2 is 1.89 bits per heavy atom. The van der Waals surface area contributed by atoms with Crippen LogP contribution in [0, 0.1) is 12.7 Å². The molecule has 2 rings (SSSR count). The molecule has 100 valence electrons. The van der Waals surface area contributed by atoms with Crippen molar-refractivity contribution in [1.29, 1.82) is 0 Å². The van der Waals surface area contributed by atoms with Crippen LogP contribution in [0.15, 0.2) is 40.8 Å². The van der Waals surface area contributed by atoms with Crippen molar-refractivity contribution in [2.45, 2.75) is 13.3 Å². The molecule has 0 saturated carbocycles. The van der Waals surface area contributed by atoms with Gasteiger partial charge in [-0.25, -0.2) is 4.39 Å². The van der Waals surface area contributed by atoms with Gasteiger partial charge in [-0.15, -0.1) is 0 Å². The highest BCUT2D eigenvalue weighted by Crippen LogP contribution is 2.09. The highest BCUT2D eigenvalue weighted by molar-refractivity contribution is 5.93. The van der Waals surface area contributed by atoms with E-state index in [1.165, 1.54) is 24.3 Å². The standard InChI is InChI=1S/C15H16FNO2/c1-11-3-8-14(19-11)9-10-17(2)15(18)12-4-6-13(16)7-5-12/h3-8H,9-10H2,1-2H3. The van der Waals surface area contributed by atoms with E-state index in [1.54, 1.807) is 11.9 Å². The van der Waals surface area contributed by atoms with Crippen LogP contribution in [-0.2, 0) is 6.42 Å². The number of furan rings is 1. The van der Waals surface area contributed by atoms with Crippen molar-refractivity contribution in [3.05, 3.63) is 59.3 Å². The van der Waals surface area contributed by atoms with Gasteiger partial charge in [0.15, 0.2) is 0 Å². The third kappa shape index (κ3) is 3.44. The molecule has 0 aliphatic rings. The van der Waals surface area contributed by atoms with Crippen LogP contribution in [0.1, 0.15) is 21.9 Å². The van der Waals surface area contributed by atoms with Crippen LogP contribution in [0.5, 0.6) is 0 Å². The van der Waals surface area contributed by atoms with Crippen molar-refractivity contribution in [2.24, 2.45) is 0 Å². The van der Waals surface area contributed by atoms with Gasteiger partial charge in [0.25, 0.3) is 5.91 Å². The first-order valence-corrected chi connectivity index (χ1v) is 6.12. The molecule has 1 amide bonds. The SMILES string of the molecule is Cc1ccc(CCN(C)C(=O)c2ccc(F)cc2)o1. The van der Waals surface area contributed by atoms with E-state index in [0.29, 0.717) is 18.5 Å². The van der Waals surface area contributed by atoms with E-state index >= 15 is 0 Å². The second-order valence-electron chi connectivity index (χ2n) is 4.50. The summed E-state index contributed by atoms with van der Waals surface area (Å²) in [5, 5.41) is 0. The Bertz CT molecular complexity index is 560. The molecule has 0 bridgehead atoms. The molecule has 0 aliphatic heterocycles. The minimum absolute atomic E-state index is 0.122. The Morgan fingerprint density at radius 3 is 2.47 bits per heavy atom. The van der Waals surface area contributed by atoms with Gasteiger partial charge < -0.3 is 9.32 Å². The van der Waals surface area contributed by atoms with E-state index in [-0.39, 0.29) is 11.7 Å². The molecule has 0 fully saturated rings. The lowest BCUT2D eigenvalue weighted by atomic mass is 10.2. The molecule has 0 radical (unpaired) electrons. The number of hydrogen-bond acceptors (Lipinski definition) is 2. The van der Waals surface area contributed by atoms with E-state index in [0.717, 1.165) is 11.5 Å². The number of nitrogens with zero attached hydrogens (tertiary/aromatic N) is 1. The summed E-state index contributed by atoms with van der Waals surface area (Å²) in [6, 6.07) is 9.37. The molecule has 3 nitrogen and oxygen atoms in total. The van der Waals surface area contributed by atoms with Crippen molar-refractivity contribution in [2.75, 3.05) is 13.6 Å². The first-order valence-electron chi connectivity index (χ1n) is 6.12. The lowest BCUT2D eigenvalue weighted by Crippen LogP contribution is -2.28. The molecule has 1 aromatic heterocycles. The summed E-state index contributed by atoms with van der Waals surface area (Å²) in [5.74, 6) is 1.26. The van der Waals surface area contributed by atoms with E-state index in [1.807, 2.05) is 19.1 Å². The Kier molecular flexibility index (Phi) is 4.00. The smallest absolute Gasteiger partial charge is 0.253 e. The average molecular weight is 261 g/mol. The Morgan fingerprint density at radius 1 is 1.21 bits per heavy atom. The van der Waals surface area contributed by atoms with Crippen molar-refractivity contribution in [3.8, 4) is 0 Å². The minimum atomic E-state index is -0.342. The number of benzene rings is 1. The van der Waals surface area contributed by atoms with Gasteiger partial charge in [-0.1, -0.05) is 0 Å². The second-order valence-corrected chi connectivity index (χ2v) is 4.50. The van der Waals surface area contributed by atoms with Crippen LogP contribution in [-0.4, -0.2) is 24.4 Å². The molecule has 19 heavy (non-hydrogen) atoms. The van der Waals surface area contributed by atoms with Gasteiger partial charge in [0, 0.05) is 25.6 Å². The van der Waals surface area contributed by atoms with Crippen molar-refractivity contribution in [3.63, 3.8) is 0 Å². The van der Waals surface area contributed by atoms with Crippen LogP contribution in [0.2, 0.25) is 0 Å². The average Bonchev–Trinajstić information content (AvgIpc) is 2.82. The van der Waals surface area contributed by atoms with Crippen LogP contribution < -0.4 is 0 Å². The first kappa shape index (κ1) is 13.3. The molecule has 0 aliphatic carbocycles. The van der Waals surface area contributed by atoms with Crippen molar-refractivity contribution < 1.29 is 13.6 Å². The summed E-state index contributed by atoms with van der Waals surface area (Å²) >= 11 is 0. The van der Waals surface area contributed by atoms with Gasteiger partial charge in [0.1, 0.15) is 17.3 Å². The van der Waals surface area contributed by atoms with E-state index in [4.69, 9.17) is 4.42 Å². The van der Waals surface area contributed by atoms with E-state index < -0.39 is 0 Å². The zero-order chi connectivity index (χ0) is 13.8. The van der Waals surface area contributed by atoms with Crippen molar-refractivity contribution >= 4 is 5.91 Å². The number of halogens is 1. The van der Waals surface area contributed by atoms with Gasteiger partial charge in [0.05, 0.1) is 0 Å². The molecule has 0 saturated heterocycles. The summed E-state index contributed by atoms with van der Waals surface area (Å²) in [6.07, 6.45) is 0.664. The zero-order valence-electron chi connectivity index (χ0n) is 11.0. The number of likely N-dealkylation sites (N-methyl/N-ethyl adjacent to an activating group) is 1. The molecular weight excluding hydrogens is 245 g/mol. The first-order chi connectivity index (χ1) is 9.06. The predicted octanol–water partition coefficient (Wildman–Crippen LogP) is 3.04. The molecule has 4 heteroatoms. The van der Waals surface area contributed by atoms with Gasteiger partial charge in [-0.05, 0) is 43.3 Å². The maximum Gasteiger partial charge on any atom is 0.253 e. The number of carbonyl (C=O) groups excluding carboxylic acids is 1. The number of hydrogen-bond donors (Lipinski definition) is 0. The van der Waals surface area contributed by atoms with Crippen LogP contribution in [0.3, 0.4) is 0 Å². The highest BCUT2D eigenvalue weighted by atomic mass is 19.1. The lowest BCUT2D eigenvalue weighted by molar-refractivity contribution is 0.0795. The zero-order valence-corrected chi connectivity index (χ0v) is 11.0. The maximum atomic E-state index is 12.8. The fourth-order valence-corrected chi connectivity index (χ4v) is 1.81. The molecule has 1 heterocycles. The van der Waals surface area contributed by atoms with Crippen LogP contribution >= 0.6 is 0 Å². The topological polar surface area (TPSA) is 33.5 Å².